The highest BCUT2D eigenvalue weighted by Crippen LogP contribution is 2.35. The lowest BCUT2D eigenvalue weighted by Crippen LogP contribution is -2.10. The highest BCUT2D eigenvalue weighted by molar-refractivity contribution is 6.30. The Kier molecular flexibility index (Phi) is 6.01. The molecule has 0 saturated carbocycles. The zero-order valence-corrected chi connectivity index (χ0v) is 13.5. The van der Waals surface area contributed by atoms with Gasteiger partial charge in [-0.1, -0.05) is 29.8 Å². The maximum atomic E-state index is 12.7. The molecular formula is C17H16ClF2NO3. The van der Waals surface area contributed by atoms with E-state index in [-0.39, 0.29) is 5.56 Å². The second kappa shape index (κ2) is 7.81. The van der Waals surface area contributed by atoms with Crippen LogP contribution in [0.2, 0.25) is 5.02 Å². The summed E-state index contributed by atoms with van der Waals surface area (Å²) in [5, 5.41) is 27.4. The molecule has 4 nitrogen and oxygen atoms in total. The Morgan fingerprint density at radius 2 is 1.83 bits per heavy atom. The Morgan fingerprint density at radius 1 is 1.12 bits per heavy atom. The van der Waals surface area contributed by atoms with Crippen LogP contribution in [0, 0.1) is 0 Å². The number of nitrogens with zero attached hydrogens (tertiary/aromatic N) is 1. The fourth-order valence-corrected chi connectivity index (χ4v) is 2.64. The van der Waals surface area contributed by atoms with E-state index >= 15 is 0 Å². The summed E-state index contributed by atoms with van der Waals surface area (Å²) < 4.78 is 25.3. The number of halogens is 3. The molecule has 3 rings (SSSR count). The summed E-state index contributed by atoms with van der Waals surface area (Å²) in [5.41, 5.74) is 2.21. The SMILES string of the molecule is CO.OC1c2cc(C(O)C(F)F)ccc2C=Cc2ncc(Cl)cc21. The number of aliphatic hydroxyl groups is 3. The van der Waals surface area contributed by atoms with Gasteiger partial charge in [0.2, 0.25) is 0 Å². The molecule has 0 amide bonds. The Bertz CT molecular complexity index is 753. The lowest BCUT2D eigenvalue weighted by atomic mass is 9.95. The zero-order valence-electron chi connectivity index (χ0n) is 12.7. The monoisotopic (exact) mass is 355 g/mol. The molecule has 0 bridgehead atoms. The number of alkyl halides is 2. The number of hydrogen-bond donors (Lipinski definition) is 3. The Balaban J connectivity index is 0.00000100. The van der Waals surface area contributed by atoms with Gasteiger partial charge < -0.3 is 15.3 Å². The average molecular weight is 356 g/mol. The lowest BCUT2D eigenvalue weighted by molar-refractivity contribution is -0.00588. The van der Waals surface area contributed by atoms with Crippen LogP contribution in [0.15, 0.2) is 30.5 Å². The van der Waals surface area contributed by atoms with Gasteiger partial charge in [-0.25, -0.2) is 8.78 Å². The van der Waals surface area contributed by atoms with E-state index in [0.717, 1.165) is 7.11 Å². The van der Waals surface area contributed by atoms with Crippen LogP contribution in [-0.4, -0.2) is 33.8 Å². The summed E-state index contributed by atoms with van der Waals surface area (Å²) in [6.07, 6.45) is -0.898. The van der Waals surface area contributed by atoms with Crippen LogP contribution < -0.4 is 0 Å². The van der Waals surface area contributed by atoms with E-state index in [0.29, 0.717) is 27.4 Å². The minimum absolute atomic E-state index is 0.0552. The van der Waals surface area contributed by atoms with Gasteiger partial charge in [0, 0.05) is 18.9 Å². The van der Waals surface area contributed by atoms with Crippen molar-refractivity contribution >= 4 is 23.8 Å². The van der Waals surface area contributed by atoms with Gasteiger partial charge in [0.25, 0.3) is 6.43 Å². The Morgan fingerprint density at radius 3 is 2.50 bits per heavy atom. The first-order chi connectivity index (χ1) is 11.5. The van der Waals surface area contributed by atoms with Crippen molar-refractivity contribution in [3.05, 3.63) is 63.4 Å². The summed E-state index contributed by atoms with van der Waals surface area (Å²) in [7, 11) is 1.00. The molecule has 128 valence electrons. The number of benzene rings is 1. The van der Waals surface area contributed by atoms with Crippen LogP contribution in [0.4, 0.5) is 8.78 Å². The molecule has 1 aliphatic carbocycles. The smallest absolute Gasteiger partial charge is 0.268 e. The van der Waals surface area contributed by atoms with E-state index in [9.17, 15) is 19.0 Å². The van der Waals surface area contributed by atoms with Gasteiger partial charge in [-0.15, -0.1) is 0 Å². The molecule has 7 heteroatoms. The fraction of sp³-hybridized carbons (Fsp3) is 0.235. The summed E-state index contributed by atoms with van der Waals surface area (Å²) in [6, 6.07) is 5.98. The molecule has 0 spiro atoms. The van der Waals surface area contributed by atoms with E-state index in [2.05, 4.69) is 4.98 Å². The molecule has 1 aromatic heterocycles. The van der Waals surface area contributed by atoms with Crippen LogP contribution >= 0.6 is 11.6 Å². The van der Waals surface area contributed by atoms with Crippen molar-refractivity contribution in [2.45, 2.75) is 18.6 Å². The maximum absolute atomic E-state index is 12.7. The molecular weight excluding hydrogens is 340 g/mol. The maximum Gasteiger partial charge on any atom is 0.268 e. The van der Waals surface area contributed by atoms with Gasteiger partial charge in [-0.2, -0.15) is 0 Å². The number of hydrogen-bond acceptors (Lipinski definition) is 4. The van der Waals surface area contributed by atoms with E-state index < -0.39 is 18.6 Å². The Labute approximate surface area is 142 Å². The quantitative estimate of drug-likeness (QED) is 0.773. The average Bonchev–Trinajstić information content (AvgIpc) is 2.73. The first-order valence-corrected chi connectivity index (χ1v) is 7.41. The molecule has 0 aliphatic heterocycles. The highest BCUT2D eigenvalue weighted by Gasteiger charge is 2.24. The first kappa shape index (κ1) is 18.5. The first-order valence-electron chi connectivity index (χ1n) is 7.03. The molecule has 2 atom stereocenters. The lowest BCUT2D eigenvalue weighted by Gasteiger charge is -2.17. The summed E-state index contributed by atoms with van der Waals surface area (Å²) >= 11 is 5.91. The zero-order chi connectivity index (χ0) is 17.9. The van der Waals surface area contributed by atoms with Crippen molar-refractivity contribution in [3.63, 3.8) is 0 Å². The molecule has 3 N–H and O–H groups in total. The number of aromatic nitrogens is 1. The largest absolute Gasteiger partial charge is 0.400 e. The Hall–Kier alpha value is -1.86. The van der Waals surface area contributed by atoms with E-state index in [4.69, 9.17) is 16.7 Å². The number of fused-ring (bicyclic) bond motifs is 2. The van der Waals surface area contributed by atoms with Crippen LogP contribution in [0.25, 0.3) is 12.2 Å². The predicted octanol–water partition coefficient (Wildman–Crippen LogP) is 3.21. The third-order valence-electron chi connectivity index (χ3n) is 3.62. The highest BCUT2D eigenvalue weighted by atomic mass is 35.5. The third kappa shape index (κ3) is 3.62. The van der Waals surface area contributed by atoms with Crippen molar-refractivity contribution in [3.8, 4) is 0 Å². The molecule has 0 radical (unpaired) electrons. The van der Waals surface area contributed by atoms with Gasteiger partial charge in [0.15, 0.2) is 0 Å². The number of rotatable bonds is 2. The van der Waals surface area contributed by atoms with Crippen LogP contribution in [0.3, 0.4) is 0 Å². The topological polar surface area (TPSA) is 73.6 Å². The van der Waals surface area contributed by atoms with Crippen molar-refractivity contribution in [1.82, 2.24) is 4.98 Å². The van der Waals surface area contributed by atoms with Gasteiger partial charge in [0.05, 0.1) is 10.7 Å². The van der Waals surface area contributed by atoms with Crippen LogP contribution in [0.1, 0.15) is 40.2 Å². The fourth-order valence-electron chi connectivity index (χ4n) is 2.47. The van der Waals surface area contributed by atoms with Gasteiger partial charge >= 0.3 is 0 Å². The van der Waals surface area contributed by atoms with Crippen LogP contribution in [0.5, 0.6) is 0 Å². The minimum atomic E-state index is -2.89. The van der Waals surface area contributed by atoms with Crippen LogP contribution in [-0.2, 0) is 0 Å². The molecule has 0 fully saturated rings. The second-order valence-corrected chi connectivity index (χ2v) is 5.47. The van der Waals surface area contributed by atoms with Crippen molar-refractivity contribution in [2.24, 2.45) is 0 Å². The molecule has 24 heavy (non-hydrogen) atoms. The minimum Gasteiger partial charge on any atom is -0.400 e. The van der Waals surface area contributed by atoms with Gasteiger partial charge in [-0.05, 0) is 34.9 Å². The van der Waals surface area contributed by atoms with Crippen molar-refractivity contribution < 1.29 is 24.1 Å². The second-order valence-electron chi connectivity index (χ2n) is 5.03. The number of pyridine rings is 1. The normalized spacial score (nSPS) is 16.6. The third-order valence-corrected chi connectivity index (χ3v) is 3.82. The van der Waals surface area contributed by atoms with Crippen molar-refractivity contribution in [1.29, 1.82) is 0 Å². The van der Waals surface area contributed by atoms with E-state index in [1.165, 1.54) is 18.3 Å². The molecule has 1 aromatic carbocycles. The standard InChI is InChI=1S/C16H12ClF2NO2.CH4O/c17-10-6-12-13(20-7-10)4-3-8-1-2-9(14(21)16(18)19)5-11(8)15(12)22;1-2/h1-7,14-16,21-22H;2H,1H3. The molecule has 2 unspecified atom stereocenters. The summed E-state index contributed by atoms with van der Waals surface area (Å²) in [5.74, 6) is 0. The van der Waals surface area contributed by atoms with Gasteiger partial charge in [-0.3, -0.25) is 4.98 Å². The molecule has 2 aromatic rings. The molecule has 0 saturated heterocycles. The predicted molar refractivity (Wildman–Crippen MR) is 87.8 cm³/mol. The van der Waals surface area contributed by atoms with E-state index in [1.54, 1.807) is 24.3 Å². The number of aliphatic hydroxyl groups excluding tert-OH is 3. The van der Waals surface area contributed by atoms with Crippen molar-refractivity contribution in [2.75, 3.05) is 7.11 Å². The summed E-state index contributed by atoms with van der Waals surface area (Å²) in [6.45, 7) is 0. The van der Waals surface area contributed by atoms with Gasteiger partial charge in [0.1, 0.15) is 12.2 Å². The molecule has 1 heterocycles. The van der Waals surface area contributed by atoms with E-state index in [1.807, 2.05) is 0 Å². The molecule has 1 aliphatic rings. The summed E-state index contributed by atoms with van der Waals surface area (Å²) in [4.78, 5) is 4.15.